The number of carbonyl (C=O) groups is 3. The van der Waals surface area contributed by atoms with E-state index in [2.05, 4.69) is 36.9 Å². The fourth-order valence-corrected chi connectivity index (χ4v) is 5.82. The van der Waals surface area contributed by atoms with Crippen LogP contribution in [0.15, 0.2) is 124 Å². The average Bonchev–Trinajstić information content (AvgIpc) is 3.53. The first-order chi connectivity index (χ1) is 21.9. The van der Waals surface area contributed by atoms with Crippen molar-refractivity contribution in [1.29, 1.82) is 0 Å². The van der Waals surface area contributed by atoms with E-state index in [4.69, 9.17) is 4.74 Å². The summed E-state index contributed by atoms with van der Waals surface area (Å²) in [4.78, 5) is 44.3. The Hall–Kier alpha value is -4.71. The van der Waals surface area contributed by atoms with Gasteiger partial charge < -0.3 is 20.7 Å². The van der Waals surface area contributed by atoms with Crippen molar-refractivity contribution in [2.75, 3.05) is 23.5 Å². The predicted molar refractivity (Wildman–Crippen MR) is 185 cm³/mol. The second-order valence-corrected chi connectivity index (χ2v) is 12.3. The maximum absolute atomic E-state index is 13.4. The summed E-state index contributed by atoms with van der Waals surface area (Å²) in [6, 6.07) is 30.8. The molecule has 45 heavy (non-hydrogen) atoms. The van der Waals surface area contributed by atoms with E-state index >= 15 is 0 Å². The molecule has 0 saturated heterocycles. The molecular formula is C34H27BrN4O4S2. The molecule has 0 aliphatic rings. The summed E-state index contributed by atoms with van der Waals surface area (Å²) in [7, 11) is 1.62. The van der Waals surface area contributed by atoms with Gasteiger partial charge in [0.15, 0.2) is 5.13 Å². The Morgan fingerprint density at radius 3 is 2.40 bits per heavy atom. The van der Waals surface area contributed by atoms with Crippen molar-refractivity contribution in [1.82, 2.24) is 10.3 Å². The van der Waals surface area contributed by atoms with E-state index in [1.165, 1.54) is 23.1 Å². The zero-order valence-corrected chi connectivity index (χ0v) is 27.2. The zero-order valence-electron chi connectivity index (χ0n) is 24.0. The fourth-order valence-electron chi connectivity index (χ4n) is 4.06. The lowest BCUT2D eigenvalue weighted by atomic mass is 10.1. The van der Waals surface area contributed by atoms with Crippen LogP contribution >= 0.6 is 39.0 Å². The highest BCUT2D eigenvalue weighted by Gasteiger charge is 2.16. The average molecular weight is 700 g/mol. The van der Waals surface area contributed by atoms with Crippen molar-refractivity contribution >= 4 is 73.6 Å². The van der Waals surface area contributed by atoms with E-state index in [0.717, 1.165) is 31.9 Å². The van der Waals surface area contributed by atoms with Crippen LogP contribution in [0.25, 0.3) is 17.3 Å². The van der Waals surface area contributed by atoms with Crippen LogP contribution in [0, 0.1) is 0 Å². The Bertz CT molecular complexity index is 1830. The summed E-state index contributed by atoms with van der Waals surface area (Å²) < 4.78 is 6.10. The number of benzene rings is 4. The topological polar surface area (TPSA) is 109 Å². The van der Waals surface area contributed by atoms with Gasteiger partial charge in [-0.05, 0) is 78.4 Å². The van der Waals surface area contributed by atoms with Crippen molar-refractivity contribution in [2.45, 2.75) is 4.90 Å². The molecule has 0 aliphatic carbocycles. The van der Waals surface area contributed by atoms with Gasteiger partial charge in [0.1, 0.15) is 11.4 Å². The number of thioether (sulfide) groups is 1. The number of nitrogens with zero attached hydrogens (tertiary/aromatic N) is 1. The first-order valence-corrected chi connectivity index (χ1v) is 16.3. The van der Waals surface area contributed by atoms with Crippen LogP contribution < -0.4 is 20.7 Å². The van der Waals surface area contributed by atoms with E-state index in [1.54, 1.807) is 55.7 Å². The summed E-state index contributed by atoms with van der Waals surface area (Å²) in [5.74, 6) is -0.181. The number of methoxy groups -OCH3 is 1. The second kappa shape index (κ2) is 15.3. The third-order valence-electron chi connectivity index (χ3n) is 6.31. The highest BCUT2D eigenvalue weighted by atomic mass is 79.9. The molecule has 0 fully saturated rings. The summed E-state index contributed by atoms with van der Waals surface area (Å²) in [6.45, 7) is 0. The van der Waals surface area contributed by atoms with E-state index in [0.29, 0.717) is 16.4 Å². The van der Waals surface area contributed by atoms with Gasteiger partial charge >= 0.3 is 0 Å². The smallest absolute Gasteiger partial charge is 0.272 e. The molecule has 0 atom stereocenters. The number of carbonyl (C=O) groups excluding carboxylic acids is 3. The lowest BCUT2D eigenvalue weighted by Crippen LogP contribution is -2.30. The molecule has 0 radical (unpaired) electrons. The Morgan fingerprint density at radius 1 is 0.911 bits per heavy atom. The molecule has 0 spiro atoms. The number of amides is 3. The van der Waals surface area contributed by atoms with Gasteiger partial charge in [0.05, 0.1) is 18.6 Å². The molecular weight excluding hydrogens is 672 g/mol. The Kier molecular flexibility index (Phi) is 10.8. The minimum atomic E-state index is -0.487. The maximum Gasteiger partial charge on any atom is 0.272 e. The minimum absolute atomic E-state index is 0.0843. The monoisotopic (exact) mass is 698 g/mol. The van der Waals surface area contributed by atoms with Gasteiger partial charge in [0, 0.05) is 31.6 Å². The molecule has 226 valence electrons. The van der Waals surface area contributed by atoms with Gasteiger partial charge in [-0.25, -0.2) is 4.98 Å². The fraction of sp³-hybridized carbons (Fsp3) is 0.0588. The number of ether oxygens (including phenoxy) is 1. The Labute approximate surface area is 277 Å². The van der Waals surface area contributed by atoms with Crippen molar-refractivity contribution in [3.63, 3.8) is 0 Å². The third kappa shape index (κ3) is 9.15. The van der Waals surface area contributed by atoms with E-state index in [9.17, 15) is 14.4 Å². The number of aromatic nitrogens is 1. The second-order valence-electron chi connectivity index (χ2n) is 9.51. The number of thiazole rings is 1. The lowest BCUT2D eigenvalue weighted by Gasteiger charge is -2.12. The molecule has 1 aromatic heterocycles. The zero-order chi connectivity index (χ0) is 31.6. The molecule has 5 aromatic rings. The van der Waals surface area contributed by atoms with Crippen LogP contribution in [0.5, 0.6) is 5.75 Å². The normalized spacial score (nSPS) is 11.0. The molecule has 0 saturated carbocycles. The van der Waals surface area contributed by atoms with E-state index < -0.39 is 11.8 Å². The molecule has 11 heteroatoms. The number of rotatable bonds is 11. The van der Waals surface area contributed by atoms with Crippen molar-refractivity contribution in [3.8, 4) is 17.0 Å². The molecule has 8 nitrogen and oxygen atoms in total. The van der Waals surface area contributed by atoms with Crippen LogP contribution in [0.1, 0.15) is 15.9 Å². The molecule has 0 bridgehead atoms. The highest BCUT2D eigenvalue weighted by molar-refractivity contribution is 9.10. The third-order valence-corrected chi connectivity index (χ3v) is 8.59. The van der Waals surface area contributed by atoms with Crippen molar-refractivity contribution in [2.24, 2.45) is 0 Å². The standard InChI is InChI=1S/C34H27BrN4O4S2/c1-43-27-16-12-23(13-17-27)30-20-45-34(38-30)39-31(40)21-44-28-9-5-8-26(19-28)36-33(42)29(18-22-10-14-25(35)15-11-22)37-32(41)24-6-3-2-4-7-24/h2-20H,21H2,1H3,(H,36,42)(H,37,41)(H,38,39,40)/b29-18-. The summed E-state index contributed by atoms with van der Waals surface area (Å²) >= 11 is 6.09. The van der Waals surface area contributed by atoms with E-state index in [1.807, 2.05) is 66.0 Å². The molecule has 5 rings (SSSR count). The molecule has 1 heterocycles. The molecule has 0 aliphatic heterocycles. The first-order valence-electron chi connectivity index (χ1n) is 13.6. The number of halogens is 1. The van der Waals surface area contributed by atoms with Crippen molar-refractivity contribution in [3.05, 3.63) is 130 Å². The van der Waals surface area contributed by atoms with Crippen LogP contribution in [0.2, 0.25) is 0 Å². The van der Waals surface area contributed by atoms with Gasteiger partial charge in [-0.1, -0.05) is 52.3 Å². The van der Waals surface area contributed by atoms with Gasteiger partial charge in [-0.15, -0.1) is 23.1 Å². The van der Waals surface area contributed by atoms with Crippen LogP contribution in [-0.4, -0.2) is 35.6 Å². The minimum Gasteiger partial charge on any atom is -0.497 e. The lowest BCUT2D eigenvalue weighted by molar-refractivity contribution is -0.114. The Balaban J connectivity index is 1.21. The van der Waals surface area contributed by atoms with Gasteiger partial charge in [0.25, 0.3) is 11.8 Å². The summed E-state index contributed by atoms with van der Waals surface area (Å²) in [6.07, 6.45) is 1.62. The highest BCUT2D eigenvalue weighted by Crippen LogP contribution is 2.27. The molecule has 0 unspecified atom stereocenters. The molecule has 3 amide bonds. The molecule has 3 N–H and O–H groups in total. The quantitative estimate of drug-likeness (QED) is 0.0963. The summed E-state index contributed by atoms with van der Waals surface area (Å²) in [5.41, 5.74) is 3.46. The van der Waals surface area contributed by atoms with Crippen molar-refractivity contribution < 1.29 is 19.1 Å². The summed E-state index contributed by atoms with van der Waals surface area (Å²) in [5, 5.41) is 10.8. The van der Waals surface area contributed by atoms with Crippen LogP contribution in [-0.2, 0) is 9.59 Å². The predicted octanol–water partition coefficient (Wildman–Crippen LogP) is 7.72. The number of nitrogens with one attached hydrogen (secondary N) is 3. The van der Waals surface area contributed by atoms with Crippen LogP contribution in [0.4, 0.5) is 10.8 Å². The number of hydrogen-bond acceptors (Lipinski definition) is 7. The molecule has 4 aromatic carbocycles. The number of anilines is 2. The Morgan fingerprint density at radius 2 is 1.67 bits per heavy atom. The van der Waals surface area contributed by atoms with Gasteiger partial charge in [0.2, 0.25) is 5.91 Å². The number of hydrogen-bond donors (Lipinski definition) is 3. The largest absolute Gasteiger partial charge is 0.497 e. The first kappa shape index (κ1) is 31.7. The van der Waals surface area contributed by atoms with Gasteiger partial charge in [-0.3, -0.25) is 14.4 Å². The van der Waals surface area contributed by atoms with Crippen LogP contribution in [0.3, 0.4) is 0 Å². The van der Waals surface area contributed by atoms with Gasteiger partial charge in [-0.2, -0.15) is 0 Å². The maximum atomic E-state index is 13.4. The SMILES string of the molecule is COc1ccc(-c2csc(NC(=O)CSc3cccc(NC(=O)/C(=C/c4ccc(Br)cc4)NC(=O)c4ccccc4)c3)n2)cc1. The van der Waals surface area contributed by atoms with E-state index in [-0.39, 0.29) is 17.4 Å².